The zero-order valence-electron chi connectivity index (χ0n) is 10.1. The molecule has 1 N–H and O–H groups in total. The van der Waals surface area contributed by atoms with Gasteiger partial charge in [-0.2, -0.15) is 5.10 Å². The van der Waals surface area contributed by atoms with E-state index >= 15 is 0 Å². The molecule has 0 fully saturated rings. The van der Waals surface area contributed by atoms with Gasteiger partial charge in [0.15, 0.2) is 0 Å². The number of hydrogen-bond acceptors (Lipinski definition) is 2. The fourth-order valence-corrected chi connectivity index (χ4v) is 1.99. The third kappa shape index (κ3) is 3.59. The highest BCUT2D eigenvalue weighted by molar-refractivity contribution is 6.36. The first-order chi connectivity index (χ1) is 9.06. The summed E-state index contributed by atoms with van der Waals surface area (Å²) in [4.78, 5) is 11.8. The molecule has 6 heteroatoms. The van der Waals surface area contributed by atoms with Gasteiger partial charge in [-0.25, -0.2) is 5.43 Å². The van der Waals surface area contributed by atoms with Gasteiger partial charge in [-0.05, 0) is 24.3 Å². The summed E-state index contributed by atoms with van der Waals surface area (Å²) in [5.74, 6) is -0.381. The number of hydrazone groups is 1. The lowest BCUT2D eigenvalue weighted by molar-refractivity contribution is 0.0955. The third-order valence-corrected chi connectivity index (χ3v) is 2.96. The zero-order valence-corrected chi connectivity index (χ0v) is 11.6. The Kier molecular flexibility index (Phi) is 4.24. The van der Waals surface area contributed by atoms with Gasteiger partial charge in [0.2, 0.25) is 0 Å². The highest BCUT2D eigenvalue weighted by atomic mass is 35.5. The summed E-state index contributed by atoms with van der Waals surface area (Å²) in [5.41, 5.74) is 3.63. The summed E-state index contributed by atoms with van der Waals surface area (Å²) in [6.45, 7) is 0. The van der Waals surface area contributed by atoms with E-state index < -0.39 is 0 Å². The van der Waals surface area contributed by atoms with Crippen molar-refractivity contribution in [3.05, 3.63) is 57.8 Å². The fourth-order valence-electron chi connectivity index (χ4n) is 1.50. The van der Waals surface area contributed by atoms with Crippen LogP contribution >= 0.6 is 23.2 Å². The maximum atomic E-state index is 11.8. The van der Waals surface area contributed by atoms with Crippen LogP contribution in [0, 0.1) is 0 Å². The lowest BCUT2D eigenvalue weighted by Crippen LogP contribution is -2.17. The number of amides is 1. The number of nitrogens with one attached hydrogen (secondary N) is 1. The Morgan fingerprint density at radius 3 is 2.79 bits per heavy atom. The Balaban J connectivity index is 2.03. The standard InChI is InChI=1S/C13H11Cl2N3O/c1-18-5-4-9(8-18)7-16-17-13(19)11-3-2-10(14)6-12(11)15/h2-8H,1H3,(H,17,19)/b16-7-. The Labute approximate surface area is 120 Å². The van der Waals surface area contributed by atoms with Crippen LogP contribution < -0.4 is 5.43 Å². The molecule has 0 saturated heterocycles. The van der Waals surface area contributed by atoms with Crippen molar-refractivity contribution in [2.45, 2.75) is 0 Å². The molecule has 1 aromatic carbocycles. The summed E-state index contributed by atoms with van der Waals surface area (Å²) in [5, 5.41) is 4.64. The van der Waals surface area contributed by atoms with Crippen molar-refractivity contribution < 1.29 is 4.79 Å². The molecule has 0 radical (unpaired) electrons. The fraction of sp³-hybridized carbons (Fsp3) is 0.0769. The molecule has 19 heavy (non-hydrogen) atoms. The molecule has 1 aromatic heterocycles. The van der Waals surface area contributed by atoms with Crippen molar-refractivity contribution in [2.24, 2.45) is 12.1 Å². The van der Waals surface area contributed by atoms with Gasteiger partial charge < -0.3 is 4.57 Å². The summed E-state index contributed by atoms with van der Waals surface area (Å²) < 4.78 is 1.89. The molecule has 0 bridgehead atoms. The minimum Gasteiger partial charge on any atom is -0.357 e. The molecular formula is C13H11Cl2N3O. The van der Waals surface area contributed by atoms with E-state index in [9.17, 15) is 4.79 Å². The number of nitrogens with zero attached hydrogens (tertiary/aromatic N) is 2. The van der Waals surface area contributed by atoms with Gasteiger partial charge in [0.05, 0.1) is 16.8 Å². The lowest BCUT2D eigenvalue weighted by Gasteiger charge is -2.02. The molecule has 98 valence electrons. The first kappa shape index (κ1) is 13.6. The van der Waals surface area contributed by atoms with Crippen LogP contribution in [0.1, 0.15) is 15.9 Å². The molecular weight excluding hydrogens is 285 g/mol. The van der Waals surface area contributed by atoms with Gasteiger partial charge >= 0.3 is 0 Å². The van der Waals surface area contributed by atoms with Gasteiger partial charge in [0, 0.05) is 30.0 Å². The van der Waals surface area contributed by atoms with E-state index in [4.69, 9.17) is 23.2 Å². The van der Waals surface area contributed by atoms with E-state index in [-0.39, 0.29) is 5.91 Å². The number of aryl methyl sites for hydroxylation is 1. The number of aromatic nitrogens is 1. The van der Waals surface area contributed by atoms with Gasteiger partial charge in [0.1, 0.15) is 0 Å². The predicted molar refractivity (Wildman–Crippen MR) is 76.9 cm³/mol. The molecule has 2 rings (SSSR count). The molecule has 0 aliphatic rings. The van der Waals surface area contributed by atoms with E-state index in [0.29, 0.717) is 15.6 Å². The van der Waals surface area contributed by atoms with E-state index in [2.05, 4.69) is 10.5 Å². The van der Waals surface area contributed by atoms with Crippen molar-refractivity contribution in [2.75, 3.05) is 0 Å². The average Bonchev–Trinajstić information content (AvgIpc) is 2.75. The monoisotopic (exact) mass is 295 g/mol. The molecule has 1 heterocycles. The Bertz CT molecular complexity index is 635. The van der Waals surface area contributed by atoms with Crippen LogP contribution in [-0.2, 0) is 7.05 Å². The van der Waals surface area contributed by atoms with Crippen LogP contribution in [0.3, 0.4) is 0 Å². The maximum Gasteiger partial charge on any atom is 0.272 e. The summed E-state index contributed by atoms with van der Waals surface area (Å²) in [6.07, 6.45) is 5.33. The van der Waals surface area contributed by atoms with E-state index in [1.54, 1.807) is 18.3 Å². The van der Waals surface area contributed by atoms with Crippen molar-refractivity contribution in [3.8, 4) is 0 Å². The number of halogens is 2. The first-order valence-corrected chi connectivity index (χ1v) is 6.22. The van der Waals surface area contributed by atoms with E-state index in [0.717, 1.165) is 5.56 Å². The number of benzene rings is 1. The number of carbonyl (C=O) groups is 1. The topological polar surface area (TPSA) is 46.4 Å². The molecule has 0 aliphatic carbocycles. The first-order valence-electron chi connectivity index (χ1n) is 5.46. The van der Waals surface area contributed by atoms with Crippen LogP contribution in [0.25, 0.3) is 0 Å². The number of carbonyl (C=O) groups excluding carboxylic acids is 1. The van der Waals surface area contributed by atoms with E-state index in [1.165, 1.54) is 6.07 Å². The van der Waals surface area contributed by atoms with Crippen molar-refractivity contribution in [1.82, 2.24) is 9.99 Å². The van der Waals surface area contributed by atoms with Crippen molar-refractivity contribution in [3.63, 3.8) is 0 Å². The normalized spacial score (nSPS) is 10.9. The second-order valence-corrected chi connectivity index (χ2v) is 4.78. The van der Waals surface area contributed by atoms with Crippen LogP contribution in [0.2, 0.25) is 10.0 Å². The smallest absolute Gasteiger partial charge is 0.272 e. The summed E-state index contributed by atoms with van der Waals surface area (Å²) >= 11 is 11.7. The van der Waals surface area contributed by atoms with Crippen molar-refractivity contribution >= 4 is 35.3 Å². The minimum atomic E-state index is -0.381. The second-order valence-electron chi connectivity index (χ2n) is 3.93. The van der Waals surface area contributed by atoms with Gasteiger partial charge in [-0.15, -0.1) is 0 Å². The third-order valence-electron chi connectivity index (χ3n) is 2.41. The summed E-state index contributed by atoms with van der Waals surface area (Å²) in [6, 6.07) is 6.55. The Hall–Kier alpha value is -1.78. The molecule has 4 nitrogen and oxygen atoms in total. The maximum absolute atomic E-state index is 11.8. The Morgan fingerprint density at radius 2 is 2.16 bits per heavy atom. The second kappa shape index (κ2) is 5.91. The zero-order chi connectivity index (χ0) is 13.8. The predicted octanol–water partition coefficient (Wildman–Crippen LogP) is 3.10. The molecule has 0 unspecified atom stereocenters. The Morgan fingerprint density at radius 1 is 1.37 bits per heavy atom. The molecule has 0 atom stereocenters. The van der Waals surface area contributed by atoms with Crippen LogP contribution in [0.5, 0.6) is 0 Å². The summed E-state index contributed by atoms with van der Waals surface area (Å²) in [7, 11) is 1.91. The van der Waals surface area contributed by atoms with Gasteiger partial charge in [0.25, 0.3) is 5.91 Å². The quantitative estimate of drug-likeness (QED) is 0.686. The SMILES string of the molecule is Cn1ccc(/C=N\NC(=O)c2ccc(Cl)cc2Cl)c1. The van der Waals surface area contributed by atoms with Crippen LogP contribution in [-0.4, -0.2) is 16.7 Å². The van der Waals surface area contributed by atoms with Gasteiger partial charge in [-0.3, -0.25) is 4.79 Å². The van der Waals surface area contributed by atoms with Crippen LogP contribution in [0.4, 0.5) is 0 Å². The average molecular weight is 296 g/mol. The molecule has 2 aromatic rings. The largest absolute Gasteiger partial charge is 0.357 e. The molecule has 0 aliphatic heterocycles. The number of rotatable bonds is 3. The lowest BCUT2D eigenvalue weighted by atomic mass is 10.2. The molecule has 0 saturated carbocycles. The van der Waals surface area contributed by atoms with Gasteiger partial charge in [-0.1, -0.05) is 23.2 Å². The van der Waals surface area contributed by atoms with Crippen molar-refractivity contribution in [1.29, 1.82) is 0 Å². The highest BCUT2D eigenvalue weighted by Gasteiger charge is 2.09. The van der Waals surface area contributed by atoms with Crippen LogP contribution in [0.15, 0.2) is 41.8 Å². The molecule has 1 amide bonds. The van der Waals surface area contributed by atoms with E-state index in [1.807, 2.05) is 30.1 Å². The highest BCUT2D eigenvalue weighted by Crippen LogP contribution is 2.20. The number of hydrogen-bond donors (Lipinski definition) is 1. The molecule has 0 spiro atoms. The minimum absolute atomic E-state index is 0.292.